The molecule has 0 amide bonds. The Morgan fingerprint density at radius 2 is 1.50 bits per heavy atom. The first-order chi connectivity index (χ1) is 14.9. The van der Waals surface area contributed by atoms with Gasteiger partial charge in [0, 0.05) is 0 Å². The summed E-state index contributed by atoms with van der Waals surface area (Å²) in [6.07, 6.45) is -0.980. The Labute approximate surface area is 205 Å². The van der Waals surface area contributed by atoms with Crippen LogP contribution in [0.4, 0.5) is 13.2 Å². The summed E-state index contributed by atoms with van der Waals surface area (Å²) in [5.41, 5.74) is 4.73. The van der Waals surface area contributed by atoms with Gasteiger partial charge in [0.05, 0.1) is 5.56 Å². The minimum Gasteiger partial charge on any atom is -0.166 e. The van der Waals surface area contributed by atoms with E-state index in [-0.39, 0.29) is 11.0 Å². The van der Waals surface area contributed by atoms with Crippen molar-refractivity contribution in [3.8, 4) is 11.1 Å². The van der Waals surface area contributed by atoms with Gasteiger partial charge in [0.15, 0.2) is 0 Å². The Balaban J connectivity index is 0.000000233. The third-order valence-corrected chi connectivity index (χ3v) is 5.44. The van der Waals surface area contributed by atoms with Crippen molar-refractivity contribution < 1.29 is 36.5 Å². The first-order valence-corrected chi connectivity index (χ1v) is 16.7. The summed E-state index contributed by atoms with van der Waals surface area (Å²) in [5.74, 6) is 0.560. The van der Waals surface area contributed by atoms with E-state index in [0.717, 1.165) is 16.8 Å². The Morgan fingerprint density at radius 3 is 2.00 bits per heavy atom. The number of alkyl halides is 3. The number of halogens is 3. The molecule has 1 aliphatic rings. The van der Waals surface area contributed by atoms with Gasteiger partial charge in [-0.15, -0.1) is 53.6 Å². The number of benzene rings is 2. The average molecular weight is 530 g/mol. The van der Waals surface area contributed by atoms with E-state index in [1.165, 1.54) is 28.9 Å². The van der Waals surface area contributed by atoms with Crippen LogP contribution in [0.5, 0.6) is 0 Å². The SMILES string of the molecule is CC1=[C-]C(C)C(C)=C1C.C[Si](C)=[Zr+2].FC(F)(F)c1ccccc1-c1c[cH-]c2ccccc12. The minimum absolute atomic E-state index is 0.210. The molecule has 166 valence electrons. The Kier molecular flexibility index (Phi) is 9.60. The van der Waals surface area contributed by atoms with E-state index >= 15 is 0 Å². The summed E-state index contributed by atoms with van der Waals surface area (Å²) >= 11 is 1.74. The molecule has 0 radical (unpaired) electrons. The van der Waals surface area contributed by atoms with Gasteiger partial charge in [-0.2, -0.15) is 24.3 Å². The van der Waals surface area contributed by atoms with E-state index in [0.29, 0.717) is 11.5 Å². The Morgan fingerprint density at radius 1 is 0.938 bits per heavy atom. The third kappa shape index (κ3) is 6.96. The molecule has 0 aromatic heterocycles. The molecule has 3 aromatic rings. The molecule has 0 bridgehead atoms. The van der Waals surface area contributed by atoms with Crippen LogP contribution >= 0.6 is 0 Å². The molecule has 4 rings (SSSR count). The molecule has 0 fully saturated rings. The smallest absolute Gasteiger partial charge is 0.166 e. The zero-order valence-corrected chi connectivity index (χ0v) is 22.9. The number of rotatable bonds is 1. The molecular weight excluding hydrogens is 501 g/mol. The molecular formula is C27H29F3SiZr. The molecule has 1 atom stereocenters. The van der Waals surface area contributed by atoms with Crippen LogP contribution in [0.25, 0.3) is 21.9 Å². The van der Waals surface area contributed by atoms with Gasteiger partial charge in [-0.25, -0.2) is 5.57 Å². The molecule has 32 heavy (non-hydrogen) atoms. The summed E-state index contributed by atoms with van der Waals surface area (Å²) in [6.45, 7) is 13.3. The van der Waals surface area contributed by atoms with Crippen LogP contribution < -0.4 is 0 Å². The van der Waals surface area contributed by atoms with Gasteiger partial charge in [-0.1, -0.05) is 62.6 Å². The fourth-order valence-electron chi connectivity index (χ4n) is 3.51. The van der Waals surface area contributed by atoms with Crippen molar-refractivity contribution >= 4 is 16.2 Å². The summed E-state index contributed by atoms with van der Waals surface area (Å²) in [6, 6.07) is 16.7. The number of allylic oxidation sites excluding steroid dienone is 4. The maximum absolute atomic E-state index is 13.0. The van der Waals surface area contributed by atoms with E-state index in [9.17, 15) is 13.2 Å². The second kappa shape index (κ2) is 11.5. The molecule has 0 aliphatic heterocycles. The van der Waals surface area contributed by atoms with Gasteiger partial charge < -0.3 is 0 Å². The van der Waals surface area contributed by atoms with Crippen LogP contribution in [0.1, 0.15) is 33.3 Å². The standard InChI is InChI=1S/C16H10F3.C9H13.C2H6Si.Zr/c17-16(18,19)15-8-4-3-7-14(15)13-10-9-11-5-1-2-6-12(11)13;1-6-5-7(2)9(4)8(6)3;1-3-2;/h1-10H;6H,1-4H3;1-2H3;/q2*-1;;+2. The summed E-state index contributed by atoms with van der Waals surface area (Å²) in [4.78, 5) is 0. The first-order valence-electron chi connectivity index (χ1n) is 10.5. The maximum atomic E-state index is 13.0. The summed E-state index contributed by atoms with van der Waals surface area (Å²) in [7, 11) is 0. The second-order valence-electron chi connectivity index (χ2n) is 8.18. The first kappa shape index (κ1) is 26.7. The van der Waals surface area contributed by atoms with E-state index in [4.69, 9.17) is 0 Å². The molecule has 0 nitrogen and oxygen atoms in total. The van der Waals surface area contributed by atoms with Crippen LogP contribution in [0, 0.1) is 12.0 Å². The largest absolute Gasteiger partial charge is 0.416 e. The van der Waals surface area contributed by atoms with Gasteiger partial charge >= 0.3 is 48.0 Å². The predicted molar refractivity (Wildman–Crippen MR) is 127 cm³/mol. The molecule has 0 saturated heterocycles. The molecule has 0 heterocycles. The molecule has 0 saturated carbocycles. The van der Waals surface area contributed by atoms with Crippen molar-refractivity contribution in [2.45, 2.75) is 47.0 Å². The van der Waals surface area contributed by atoms with Gasteiger partial charge in [0.2, 0.25) is 0 Å². The van der Waals surface area contributed by atoms with Crippen molar-refractivity contribution in [2.75, 3.05) is 0 Å². The van der Waals surface area contributed by atoms with E-state index < -0.39 is 11.7 Å². The molecule has 3 aromatic carbocycles. The molecule has 0 spiro atoms. The van der Waals surface area contributed by atoms with Gasteiger partial charge in [0.25, 0.3) is 0 Å². The zero-order valence-electron chi connectivity index (χ0n) is 19.5. The fraction of sp³-hybridized carbons (Fsp3) is 0.296. The van der Waals surface area contributed by atoms with Crippen LogP contribution in [0.2, 0.25) is 13.1 Å². The van der Waals surface area contributed by atoms with Crippen molar-refractivity contribution in [1.29, 1.82) is 0 Å². The van der Waals surface area contributed by atoms with E-state index in [1.54, 1.807) is 35.5 Å². The molecule has 1 unspecified atom stereocenters. The van der Waals surface area contributed by atoms with Gasteiger partial charge in [-0.3, -0.25) is 6.08 Å². The van der Waals surface area contributed by atoms with Crippen LogP contribution in [-0.4, -0.2) is 5.43 Å². The maximum Gasteiger partial charge on any atom is 0.416 e. The summed E-state index contributed by atoms with van der Waals surface area (Å²) < 4.78 is 39.1. The van der Waals surface area contributed by atoms with Crippen molar-refractivity contribution in [3.05, 3.63) is 89.0 Å². The predicted octanol–water partition coefficient (Wildman–Crippen LogP) is 8.75. The minimum atomic E-state index is -4.34. The third-order valence-electron chi connectivity index (χ3n) is 5.44. The van der Waals surface area contributed by atoms with Gasteiger partial charge in [0.1, 0.15) is 0 Å². The topological polar surface area (TPSA) is 0 Å². The van der Waals surface area contributed by atoms with Crippen molar-refractivity contribution in [3.63, 3.8) is 0 Å². The molecule has 5 heteroatoms. The number of fused-ring (bicyclic) bond motifs is 1. The molecule has 0 N–H and O–H groups in total. The van der Waals surface area contributed by atoms with Crippen molar-refractivity contribution in [1.82, 2.24) is 0 Å². The van der Waals surface area contributed by atoms with Crippen molar-refractivity contribution in [2.24, 2.45) is 5.92 Å². The zero-order chi connectivity index (χ0) is 24.1. The van der Waals surface area contributed by atoms with Crippen LogP contribution in [-0.2, 0) is 29.5 Å². The normalized spacial score (nSPS) is 15.6. The van der Waals surface area contributed by atoms with Crippen LogP contribution in [0.3, 0.4) is 0 Å². The number of hydrogen-bond donors (Lipinski definition) is 0. The Hall–Kier alpha value is -1.58. The number of hydrogen-bond acceptors (Lipinski definition) is 0. The average Bonchev–Trinajstić information content (AvgIpc) is 3.24. The Bertz CT molecular complexity index is 1140. The monoisotopic (exact) mass is 528 g/mol. The van der Waals surface area contributed by atoms with E-state index in [2.05, 4.69) is 46.9 Å². The van der Waals surface area contributed by atoms with Crippen LogP contribution in [0.15, 0.2) is 77.4 Å². The quantitative estimate of drug-likeness (QED) is 0.218. The molecule has 1 aliphatic carbocycles. The second-order valence-corrected chi connectivity index (χ2v) is 17.6. The van der Waals surface area contributed by atoms with Gasteiger partial charge in [-0.05, 0) is 0 Å². The fourth-order valence-corrected chi connectivity index (χ4v) is 3.51. The summed E-state index contributed by atoms with van der Waals surface area (Å²) in [5, 5.41) is 1.80. The van der Waals surface area contributed by atoms with E-state index in [1.807, 2.05) is 30.3 Å².